The molecule has 5 heteroatoms. The van der Waals surface area contributed by atoms with Crippen LogP contribution in [0.1, 0.15) is 28.7 Å². The fourth-order valence-electron chi connectivity index (χ4n) is 1.03. The summed E-state index contributed by atoms with van der Waals surface area (Å²) in [4.78, 5) is 10.5. The van der Waals surface area contributed by atoms with Crippen molar-refractivity contribution in [1.82, 2.24) is 9.78 Å². The molecule has 0 amide bonds. The number of aromatic nitrogens is 2. The van der Waals surface area contributed by atoms with Gasteiger partial charge in [-0.1, -0.05) is 0 Å². The lowest BCUT2D eigenvalue weighted by molar-refractivity contribution is 0.111. The van der Waals surface area contributed by atoms with Gasteiger partial charge in [0.2, 0.25) is 0 Å². The molecule has 0 saturated carbocycles. The Kier molecular flexibility index (Phi) is 6.99. The van der Waals surface area contributed by atoms with Crippen LogP contribution in [0.25, 0.3) is 0 Å². The predicted octanol–water partition coefficient (Wildman–Crippen LogP) is 1.93. The van der Waals surface area contributed by atoms with Crippen LogP contribution in [0, 0.1) is 6.92 Å². The third kappa shape index (κ3) is 4.01. The molecular weight excluding hydrogens is 216 g/mol. The highest BCUT2D eigenvalue weighted by Crippen LogP contribution is 2.12. The molecule has 1 aromatic heterocycles. The van der Waals surface area contributed by atoms with Gasteiger partial charge in [-0.2, -0.15) is 5.10 Å². The Morgan fingerprint density at radius 3 is 2.40 bits per heavy atom. The average Bonchev–Trinajstić information content (AvgIpc) is 2.52. The molecule has 0 aliphatic rings. The van der Waals surface area contributed by atoms with E-state index in [4.69, 9.17) is 11.6 Å². The molecule has 15 heavy (non-hydrogen) atoms. The lowest BCUT2D eigenvalue weighted by Gasteiger charge is -1.92. The number of aldehydes is 1. The van der Waals surface area contributed by atoms with Gasteiger partial charge in [0.1, 0.15) is 5.69 Å². The molecule has 4 nitrogen and oxygen atoms in total. The van der Waals surface area contributed by atoms with Crippen molar-refractivity contribution >= 4 is 17.9 Å². The summed E-state index contributed by atoms with van der Waals surface area (Å²) in [5.41, 5.74) is 2.21. The summed E-state index contributed by atoms with van der Waals surface area (Å²) in [6, 6.07) is 0. The Labute approximate surface area is 95.2 Å². The normalized spacial score (nSPS) is 9.40. The van der Waals surface area contributed by atoms with Gasteiger partial charge in [0.15, 0.2) is 6.29 Å². The number of nitrogens with zero attached hydrogens (tertiary/aromatic N) is 2. The lowest BCUT2D eigenvalue weighted by atomic mass is 10.2. The number of rotatable bonds is 3. The SMILES string of the molecule is CCOC.Cc1nn(C)c(C=O)c1CCl. The van der Waals surface area contributed by atoms with Crippen LogP contribution < -0.4 is 0 Å². The van der Waals surface area contributed by atoms with Crippen molar-refractivity contribution in [3.05, 3.63) is 17.0 Å². The zero-order chi connectivity index (χ0) is 11.8. The summed E-state index contributed by atoms with van der Waals surface area (Å²) < 4.78 is 6.08. The van der Waals surface area contributed by atoms with Gasteiger partial charge in [0.25, 0.3) is 0 Å². The van der Waals surface area contributed by atoms with Gasteiger partial charge in [0.05, 0.1) is 11.6 Å². The van der Waals surface area contributed by atoms with Gasteiger partial charge < -0.3 is 4.74 Å². The van der Waals surface area contributed by atoms with E-state index in [-0.39, 0.29) is 0 Å². The van der Waals surface area contributed by atoms with E-state index in [1.165, 1.54) is 0 Å². The molecule has 0 bridgehead atoms. The van der Waals surface area contributed by atoms with Crippen molar-refractivity contribution in [2.45, 2.75) is 19.7 Å². The quantitative estimate of drug-likeness (QED) is 0.591. The molecule has 0 saturated heterocycles. The van der Waals surface area contributed by atoms with Gasteiger partial charge >= 0.3 is 0 Å². The molecule has 1 aromatic rings. The lowest BCUT2D eigenvalue weighted by Crippen LogP contribution is -1.97. The minimum atomic E-state index is 0.341. The van der Waals surface area contributed by atoms with Crippen LogP contribution in [-0.2, 0) is 17.7 Å². The Bertz CT molecular complexity index is 309. The number of ether oxygens (including phenoxy) is 1. The van der Waals surface area contributed by atoms with Crippen LogP contribution in [0.2, 0.25) is 0 Å². The van der Waals surface area contributed by atoms with Gasteiger partial charge in [-0.15, -0.1) is 11.6 Å². The smallest absolute Gasteiger partial charge is 0.168 e. The van der Waals surface area contributed by atoms with Crippen molar-refractivity contribution in [2.75, 3.05) is 13.7 Å². The van der Waals surface area contributed by atoms with E-state index >= 15 is 0 Å². The second kappa shape index (κ2) is 7.43. The fraction of sp³-hybridized carbons (Fsp3) is 0.600. The van der Waals surface area contributed by atoms with E-state index in [0.717, 1.165) is 24.2 Å². The largest absolute Gasteiger partial charge is 0.385 e. The number of hydrogen-bond acceptors (Lipinski definition) is 3. The molecule has 0 aliphatic heterocycles. The van der Waals surface area contributed by atoms with E-state index in [0.29, 0.717) is 11.6 Å². The molecule has 0 N–H and O–H groups in total. The zero-order valence-corrected chi connectivity index (χ0v) is 10.3. The Hall–Kier alpha value is -0.870. The maximum Gasteiger partial charge on any atom is 0.168 e. The second-order valence-electron chi connectivity index (χ2n) is 2.90. The maximum absolute atomic E-state index is 10.5. The van der Waals surface area contributed by atoms with Crippen LogP contribution in [0.3, 0.4) is 0 Å². The van der Waals surface area contributed by atoms with E-state index in [2.05, 4.69) is 9.84 Å². The average molecular weight is 233 g/mol. The summed E-state index contributed by atoms with van der Waals surface area (Å²) in [6.07, 6.45) is 0.776. The van der Waals surface area contributed by atoms with E-state index in [9.17, 15) is 4.79 Å². The summed E-state index contributed by atoms with van der Waals surface area (Å²) in [5, 5.41) is 4.05. The molecule has 1 rings (SSSR count). The van der Waals surface area contributed by atoms with Crippen LogP contribution in [0.15, 0.2) is 0 Å². The van der Waals surface area contributed by atoms with Crippen LogP contribution in [-0.4, -0.2) is 29.8 Å². The minimum absolute atomic E-state index is 0.341. The number of methoxy groups -OCH3 is 1. The fourth-order valence-corrected chi connectivity index (χ4v) is 1.36. The standard InChI is InChI=1S/C7H9ClN2O.C3H8O/c1-5-6(3-8)7(4-11)10(2)9-5;1-3-4-2/h4H,3H2,1-2H3;3H2,1-2H3. The van der Waals surface area contributed by atoms with E-state index in [1.54, 1.807) is 18.8 Å². The van der Waals surface area contributed by atoms with Gasteiger partial charge in [-0.05, 0) is 13.8 Å². The van der Waals surface area contributed by atoms with E-state index < -0.39 is 0 Å². The number of carbonyl (C=O) groups is 1. The topological polar surface area (TPSA) is 44.1 Å². The summed E-state index contributed by atoms with van der Waals surface area (Å²) in [6.45, 7) is 4.62. The molecule has 0 aromatic carbocycles. The number of carbonyl (C=O) groups excluding carboxylic acids is 1. The zero-order valence-electron chi connectivity index (χ0n) is 9.58. The Morgan fingerprint density at radius 1 is 1.60 bits per heavy atom. The molecule has 0 unspecified atom stereocenters. The number of aryl methyl sites for hydroxylation is 2. The number of halogens is 1. The minimum Gasteiger partial charge on any atom is -0.385 e. The summed E-state index contributed by atoms with van der Waals surface area (Å²) in [7, 11) is 3.41. The van der Waals surface area contributed by atoms with Crippen molar-refractivity contribution in [3.63, 3.8) is 0 Å². The first kappa shape index (κ1) is 14.1. The third-order valence-corrected chi connectivity index (χ3v) is 2.20. The van der Waals surface area contributed by atoms with Crippen LogP contribution in [0.5, 0.6) is 0 Å². The maximum atomic E-state index is 10.5. The molecule has 0 radical (unpaired) electrons. The highest BCUT2D eigenvalue weighted by molar-refractivity contribution is 6.17. The van der Waals surface area contributed by atoms with Gasteiger partial charge in [0, 0.05) is 26.3 Å². The molecule has 0 spiro atoms. The van der Waals surface area contributed by atoms with Crippen molar-refractivity contribution in [3.8, 4) is 0 Å². The molecule has 86 valence electrons. The molecule has 1 heterocycles. The van der Waals surface area contributed by atoms with Crippen LogP contribution >= 0.6 is 11.6 Å². The second-order valence-corrected chi connectivity index (χ2v) is 3.17. The first-order valence-electron chi connectivity index (χ1n) is 4.64. The van der Waals surface area contributed by atoms with E-state index in [1.807, 2.05) is 13.8 Å². The Balaban J connectivity index is 0.000000423. The third-order valence-electron chi connectivity index (χ3n) is 1.93. The Morgan fingerprint density at radius 2 is 2.13 bits per heavy atom. The first-order valence-corrected chi connectivity index (χ1v) is 5.18. The number of alkyl halides is 1. The summed E-state index contributed by atoms with van der Waals surface area (Å²) >= 11 is 5.62. The summed E-state index contributed by atoms with van der Waals surface area (Å²) in [5.74, 6) is 0.341. The molecule has 0 fully saturated rings. The molecule has 0 atom stereocenters. The molecule has 0 aliphatic carbocycles. The molecular formula is C10H17ClN2O2. The van der Waals surface area contributed by atoms with Gasteiger partial charge in [-0.3, -0.25) is 9.48 Å². The van der Waals surface area contributed by atoms with Crippen molar-refractivity contribution in [1.29, 1.82) is 0 Å². The van der Waals surface area contributed by atoms with Gasteiger partial charge in [-0.25, -0.2) is 0 Å². The van der Waals surface area contributed by atoms with Crippen molar-refractivity contribution in [2.24, 2.45) is 7.05 Å². The van der Waals surface area contributed by atoms with Crippen molar-refractivity contribution < 1.29 is 9.53 Å². The first-order chi connectivity index (χ1) is 7.12. The highest BCUT2D eigenvalue weighted by Gasteiger charge is 2.09. The number of hydrogen-bond donors (Lipinski definition) is 0. The monoisotopic (exact) mass is 232 g/mol. The predicted molar refractivity (Wildman–Crippen MR) is 60.4 cm³/mol. The van der Waals surface area contributed by atoms with Crippen LogP contribution in [0.4, 0.5) is 0 Å². The highest BCUT2D eigenvalue weighted by atomic mass is 35.5.